The van der Waals surface area contributed by atoms with Gasteiger partial charge < -0.3 is 23.9 Å². The topological polar surface area (TPSA) is 92.5 Å². The van der Waals surface area contributed by atoms with Gasteiger partial charge in [0.1, 0.15) is 17.6 Å². The highest BCUT2D eigenvalue weighted by Crippen LogP contribution is 2.40. The second-order valence-electron chi connectivity index (χ2n) is 7.66. The standard InChI is InChI=1S/C23H25FN2O6/c1-30-17-6-5-15(14-16(17)24)21(27)19-20(18-4-2-11-32-18)26(23(29)22(19)28)8-3-7-25-9-12-31-13-10-25/h2,4-6,11,14,20,27H,3,7-10,12-13H2,1H3/t20-/m1/s1. The highest BCUT2D eigenvalue weighted by molar-refractivity contribution is 6.46. The van der Waals surface area contributed by atoms with Crippen molar-refractivity contribution in [2.45, 2.75) is 12.5 Å². The first-order chi connectivity index (χ1) is 15.5. The van der Waals surface area contributed by atoms with E-state index in [0.717, 1.165) is 25.7 Å². The van der Waals surface area contributed by atoms with E-state index in [1.807, 2.05) is 0 Å². The summed E-state index contributed by atoms with van der Waals surface area (Å²) in [5.74, 6) is -2.33. The predicted molar refractivity (Wildman–Crippen MR) is 113 cm³/mol. The molecule has 32 heavy (non-hydrogen) atoms. The molecule has 1 aromatic heterocycles. The van der Waals surface area contributed by atoms with E-state index in [2.05, 4.69) is 4.90 Å². The first-order valence-electron chi connectivity index (χ1n) is 10.5. The second kappa shape index (κ2) is 9.54. The number of morpholine rings is 1. The Hall–Kier alpha value is -3.17. The molecule has 170 valence electrons. The summed E-state index contributed by atoms with van der Waals surface area (Å²) in [6, 6.07) is 6.26. The number of furan rings is 1. The number of aliphatic hydroxyl groups is 1. The van der Waals surface area contributed by atoms with Crippen molar-refractivity contribution in [2.75, 3.05) is 46.5 Å². The van der Waals surface area contributed by atoms with E-state index in [-0.39, 0.29) is 16.9 Å². The molecule has 1 amide bonds. The number of carbonyl (C=O) groups excluding carboxylic acids is 2. The Balaban J connectivity index is 1.63. The number of amides is 1. The SMILES string of the molecule is COc1ccc(C(O)=C2C(=O)C(=O)N(CCCN3CCOCC3)[C@@H]2c2ccco2)cc1F. The molecule has 0 spiro atoms. The third kappa shape index (κ3) is 4.26. The maximum Gasteiger partial charge on any atom is 0.295 e. The van der Waals surface area contributed by atoms with Crippen LogP contribution >= 0.6 is 0 Å². The molecule has 2 saturated heterocycles. The predicted octanol–water partition coefficient (Wildman–Crippen LogP) is 2.57. The molecule has 1 atom stereocenters. The molecule has 1 N–H and O–H groups in total. The quantitative estimate of drug-likeness (QED) is 0.399. The number of likely N-dealkylation sites (tertiary alicyclic amines) is 1. The minimum atomic E-state index is -0.889. The molecular formula is C23H25FN2O6. The molecule has 0 unspecified atom stereocenters. The number of benzene rings is 1. The molecular weight excluding hydrogens is 419 g/mol. The number of rotatable bonds is 7. The molecule has 2 aliphatic heterocycles. The van der Waals surface area contributed by atoms with Crippen LogP contribution in [-0.4, -0.2) is 73.1 Å². The maximum atomic E-state index is 14.2. The number of methoxy groups -OCH3 is 1. The van der Waals surface area contributed by atoms with Crippen LogP contribution in [0.1, 0.15) is 23.8 Å². The van der Waals surface area contributed by atoms with Gasteiger partial charge in [-0.3, -0.25) is 14.5 Å². The Morgan fingerprint density at radius 1 is 1.22 bits per heavy atom. The number of ether oxygens (including phenoxy) is 2. The van der Waals surface area contributed by atoms with Gasteiger partial charge in [-0.05, 0) is 36.8 Å². The first kappa shape index (κ1) is 22.0. The fourth-order valence-corrected chi connectivity index (χ4v) is 4.11. The Labute approximate surface area is 184 Å². The average molecular weight is 444 g/mol. The number of ketones is 1. The van der Waals surface area contributed by atoms with Crippen molar-refractivity contribution >= 4 is 17.4 Å². The van der Waals surface area contributed by atoms with Crippen LogP contribution in [0.3, 0.4) is 0 Å². The van der Waals surface area contributed by atoms with Crippen LogP contribution in [0.2, 0.25) is 0 Å². The van der Waals surface area contributed by atoms with Gasteiger partial charge in [-0.15, -0.1) is 0 Å². The van der Waals surface area contributed by atoms with Crippen molar-refractivity contribution in [1.82, 2.24) is 9.80 Å². The minimum Gasteiger partial charge on any atom is -0.507 e. The van der Waals surface area contributed by atoms with Crippen molar-refractivity contribution in [1.29, 1.82) is 0 Å². The van der Waals surface area contributed by atoms with E-state index in [0.29, 0.717) is 31.9 Å². The average Bonchev–Trinajstić information content (AvgIpc) is 3.42. The van der Waals surface area contributed by atoms with Crippen LogP contribution in [0.5, 0.6) is 5.75 Å². The Morgan fingerprint density at radius 3 is 2.66 bits per heavy atom. The van der Waals surface area contributed by atoms with Crippen LogP contribution < -0.4 is 4.74 Å². The lowest BCUT2D eigenvalue weighted by molar-refractivity contribution is -0.140. The Morgan fingerprint density at radius 2 is 2.00 bits per heavy atom. The number of carbonyl (C=O) groups is 2. The zero-order chi connectivity index (χ0) is 22.7. The number of hydrogen-bond acceptors (Lipinski definition) is 7. The summed E-state index contributed by atoms with van der Waals surface area (Å²) in [7, 11) is 1.33. The third-order valence-corrected chi connectivity index (χ3v) is 5.75. The zero-order valence-electron chi connectivity index (χ0n) is 17.8. The van der Waals surface area contributed by atoms with Crippen LogP contribution in [0.25, 0.3) is 5.76 Å². The van der Waals surface area contributed by atoms with Gasteiger partial charge in [0, 0.05) is 31.7 Å². The highest BCUT2D eigenvalue weighted by Gasteiger charge is 2.47. The maximum absolute atomic E-state index is 14.2. The van der Waals surface area contributed by atoms with Crippen LogP contribution in [0, 0.1) is 5.82 Å². The van der Waals surface area contributed by atoms with Gasteiger partial charge in [-0.2, -0.15) is 0 Å². The van der Waals surface area contributed by atoms with Crippen molar-refractivity contribution in [3.05, 3.63) is 59.3 Å². The lowest BCUT2D eigenvalue weighted by atomic mass is 9.99. The van der Waals surface area contributed by atoms with Crippen molar-refractivity contribution in [3.8, 4) is 5.75 Å². The fraction of sp³-hybridized carbons (Fsp3) is 0.391. The molecule has 2 aromatic rings. The summed E-state index contributed by atoms with van der Waals surface area (Å²) >= 11 is 0. The van der Waals surface area contributed by atoms with Gasteiger partial charge in [0.2, 0.25) is 0 Å². The lowest BCUT2D eigenvalue weighted by Gasteiger charge is -2.28. The van der Waals surface area contributed by atoms with Crippen LogP contribution in [0.4, 0.5) is 4.39 Å². The van der Waals surface area contributed by atoms with Gasteiger partial charge in [0.15, 0.2) is 11.6 Å². The summed E-state index contributed by atoms with van der Waals surface area (Å²) < 4.78 is 30.0. The van der Waals surface area contributed by atoms with E-state index in [1.54, 1.807) is 12.1 Å². The van der Waals surface area contributed by atoms with Gasteiger partial charge >= 0.3 is 0 Å². The first-order valence-corrected chi connectivity index (χ1v) is 10.5. The van der Waals surface area contributed by atoms with Gasteiger partial charge in [-0.25, -0.2) is 4.39 Å². The van der Waals surface area contributed by atoms with E-state index < -0.39 is 29.3 Å². The molecule has 0 bridgehead atoms. The third-order valence-electron chi connectivity index (χ3n) is 5.75. The van der Waals surface area contributed by atoms with E-state index >= 15 is 0 Å². The fourth-order valence-electron chi connectivity index (χ4n) is 4.11. The molecule has 3 heterocycles. The Bertz CT molecular complexity index is 1010. The van der Waals surface area contributed by atoms with Crippen LogP contribution in [0.15, 0.2) is 46.6 Å². The van der Waals surface area contributed by atoms with Gasteiger partial charge in [-0.1, -0.05) is 0 Å². The van der Waals surface area contributed by atoms with Gasteiger partial charge in [0.05, 0.1) is 32.2 Å². The highest BCUT2D eigenvalue weighted by atomic mass is 19.1. The summed E-state index contributed by atoms with van der Waals surface area (Å²) in [6.45, 7) is 4.06. The molecule has 0 radical (unpaired) electrons. The smallest absolute Gasteiger partial charge is 0.295 e. The number of halogens is 1. The molecule has 4 rings (SSSR count). The molecule has 1 aromatic carbocycles. The summed E-state index contributed by atoms with van der Waals surface area (Å²) in [5.41, 5.74) is -0.0490. The molecule has 2 fully saturated rings. The number of Topliss-reactive ketones (excluding diaryl/α,β-unsaturated/α-hetero) is 1. The van der Waals surface area contributed by atoms with Gasteiger partial charge in [0.25, 0.3) is 11.7 Å². The number of aliphatic hydroxyl groups excluding tert-OH is 1. The van der Waals surface area contributed by atoms with E-state index in [9.17, 15) is 19.1 Å². The molecule has 9 heteroatoms. The van der Waals surface area contributed by atoms with E-state index in [1.165, 1.54) is 30.4 Å². The minimum absolute atomic E-state index is 0.00713. The van der Waals surface area contributed by atoms with Crippen molar-refractivity contribution < 1.29 is 33.0 Å². The van der Waals surface area contributed by atoms with Crippen molar-refractivity contribution in [2.24, 2.45) is 0 Å². The van der Waals surface area contributed by atoms with Crippen LogP contribution in [-0.2, 0) is 14.3 Å². The summed E-state index contributed by atoms with van der Waals surface area (Å²) in [6.07, 6.45) is 2.08. The normalized spacial score (nSPS) is 21.3. The number of nitrogens with zero attached hydrogens (tertiary/aromatic N) is 2. The molecule has 0 aliphatic carbocycles. The molecule has 8 nitrogen and oxygen atoms in total. The summed E-state index contributed by atoms with van der Waals surface area (Å²) in [4.78, 5) is 29.4. The monoisotopic (exact) mass is 444 g/mol. The molecule has 2 aliphatic rings. The summed E-state index contributed by atoms with van der Waals surface area (Å²) in [5, 5.41) is 10.9. The van der Waals surface area contributed by atoms with Crippen molar-refractivity contribution in [3.63, 3.8) is 0 Å². The lowest BCUT2D eigenvalue weighted by Crippen LogP contribution is -2.38. The van der Waals surface area contributed by atoms with E-state index in [4.69, 9.17) is 13.9 Å². The largest absolute Gasteiger partial charge is 0.507 e. The Kier molecular flexibility index (Phi) is 6.57. The second-order valence-corrected chi connectivity index (χ2v) is 7.66. The zero-order valence-corrected chi connectivity index (χ0v) is 17.8. The number of hydrogen-bond donors (Lipinski definition) is 1. The molecule has 0 saturated carbocycles.